The third-order valence-corrected chi connectivity index (χ3v) is 6.95. The van der Waals surface area contributed by atoms with E-state index in [-0.39, 0.29) is 30.0 Å². The molecule has 0 aliphatic rings. The van der Waals surface area contributed by atoms with Crippen LogP contribution in [0.2, 0.25) is 0 Å². The Bertz CT molecular complexity index is 1270. The zero-order valence-corrected chi connectivity index (χ0v) is 16.8. The van der Waals surface area contributed by atoms with Gasteiger partial charge in [-0.1, -0.05) is 17.3 Å². The molecule has 0 unspecified atom stereocenters. The molecule has 0 saturated carbocycles. The maximum absolute atomic E-state index is 13.4. The van der Waals surface area contributed by atoms with Gasteiger partial charge in [-0.25, -0.2) is 17.2 Å². The van der Waals surface area contributed by atoms with Crippen LogP contribution in [0.5, 0.6) is 0 Å². The minimum Gasteiger partial charge on any atom is -0.305 e. The van der Waals surface area contributed by atoms with Crippen LogP contribution in [-0.4, -0.2) is 24.6 Å². The number of hydrogen-bond donors (Lipinski definition) is 0. The molecule has 0 fully saturated rings. The van der Waals surface area contributed by atoms with E-state index in [2.05, 4.69) is 10.9 Å². The number of sulfone groups is 1. The number of carbonyl (C=O) groups is 1. The summed E-state index contributed by atoms with van der Waals surface area (Å²) in [5.74, 6) is 0.776. The molecule has 0 bridgehead atoms. The number of hydrogen-bond acceptors (Lipinski definition) is 4. The molecule has 9 heteroatoms. The van der Waals surface area contributed by atoms with E-state index in [0.717, 1.165) is 23.5 Å². The molecule has 0 radical (unpaired) electrons. The van der Waals surface area contributed by atoms with Gasteiger partial charge in [-0.2, -0.15) is 4.99 Å². The minimum absolute atomic E-state index is 0.00156. The molecule has 1 heterocycles. The van der Waals surface area contributed by atoms with Crippen molar-refractivity contribution in [1.82, 2.24) is 4.57 Å². The van der Waals surface area contributed by atoms with Crippen molar-refractivity contribution >= 4 is 37.3 Å². The van der Waals surface area contributed by atoms with Crippen LogP contribution in [0.1, 0.15) is 12.8 Å². The van der Waals surface area contributed by atoms with Crippen LogP contribution in [0.25, 0.3) is 10.2 Å². The van der Waals surface area contributed by atoms with Crippen molar-refractivity contribution in [3.8, 4) is 12.3 Å². The fourth-order valence-electron chi connectivity index (χ4n) is 2.71. The highest BCUT2D eigenvalue weighted by molar-refractivity contribution is 7.91. The Morgan fingerprint density at radius 2 is 1.83 bits per heavy atom. The largest absolute Gasteiger partial charge is 0.305 e. The number of terminal acetylenes is 1. The number of halogens is 2. The SMILES string of the molecule is C#CCn1c(=NC(=O)CCCS(=O)(=O)c2ccc(F)cc2)sc2cc(F)ccc21. The molecule has 0 aliphatic carbocycles. The van der Waals surface area contributed by atoms with Gasteiger partial charge in [0, 0.05) is 6.42 Å². The zero-order chi connectivity index (χ0) is 21.0. The molecular weight excluding hydrogens is 418 g/mol. The Hall–Kier alpha value is -2.83. The Morgan fingerprint density at radius 1 is 1.14 bits per heavy atom. The van der Waals surface area contributed by atoms with Crippen LogP contribution in [0, 0.1) is 24.0 Å². The fourth-order valence-corrected chi connectivity index (χ4v) is 5.09. The first kappa shape index (κ1) is 20.9. The zero-order valence-electron chi connectivity index (χ0n) is 15.1. The van der Waals surface area contributed by atoms with E-state index < -0.39 is 27.4 Å². The fraction of sp³-hybridized carbons (Fsp3) is 0.200. The van der Waals surface area contributed by atoms with Gasteiger partial charge in [0.1, 0.15) is 11.6 Å². The van der Waals surface area contributed by atoms with Crippen LogP contribution >= 0.6 is 11.3 Å². The van der Waals surface area contributed by atoms with Crippen LogP contribution in [0.15, 0.2) is 52.4 Å². The normalized spacial score (nSPS) is 12.2. The van der Waals surface area contributed by atoms with E-state index >= 15 is 0 Å². The number of benzene rings is 2. The second-order valence-corrected chi connectivity index (χ2v) is 9.29. The van der Waals surface area contributed by atoms with Crippen molar-refractivity contribution in [2.24, 2.45) is 4.99 Å². The van der Waals surface area contributed by atoms with Gasteiger partial charge in [0.15, 0.2) is 14.6 Å². The molecule has 1 amide bonds. The number of aromatic nitrogens is 1. The first-order chi connectivity index (χ1) is 13.8. The Labute approximate surface area is 170 Å². The number of rotatable bonds is 6. The average Bonchev–Trinajstić information content (AvgIpc) is 2.98. The van der Waals surface area contributed by atoms with Crippen molar-refractivity contribution in [3.05, 3.63) is 58.9 Å². The predicted octanol–water partition coefficient (Wildman–Crippen LogP) is 3.30. The summed E-state index contributed by atoms with van der Waals surface area (Å²) in [5.41, 5.74) is 0.666. The van der Waals surface area contributed by atoms with Gasteiger partial charge in [0.05, 0.1) is 27.4 Å². The minimum atomic E-state index is -3.62. The Kier molecular flexibility index (Phi) is 6.25. The molecule has 0 saturated heterocycles. The van der Waals surface area contributed by atoms with Gasteiger partial charge in [-0.15, -0.1) is 6.42 Å². The lowest BCUT2D eigenvalue weighted by Crippen LogP contribution is -2.16. The van der Waals surface area contributed by atoms with Crippen LogP contribution in [0.4, 0.5) is 8.78 Å². The summed E-state index contributed by atoms with van der Waals surface area (Å²) in [5, 5.41) is 0. The number of carbonyl (C=O) groups excluding carboxylic acids is 1. The van der Waals surface area contributed by atoms with Crippen molar-refractivity contribution in [3.63, 3.8) is 0 Å². The van der Waals surface area contributed by atoms with Crippen molar-refractivity contribution < 1.29 is 22.0 Å². The Balaban J connectivity index is 1.75. The van der Waals surface area contributed by atoms with Crippen molar-refractivity contribution in [2.75, 3.05) is 5.75 Å². The first-order valence-corrected chi connectivity index (χ1v) is 11.1. The Morgan fingerprint density at radius 3 is 2.52 bits per heavy atom. The maximum atomic E-state index is 13.4. The standard InChI is InChI=1S/C20H16F2N2O3S2/c1-2-11-24-17-10-7-15(22)13-18(17)28-20(24)23-19(25)4-3-12-29(26,27)16-8-5-14(21)6-9-16/h1,5-10,13H,3-4,11-12H2. The molecule has 0 N–H and O–H groups in total. The molecule has 2 aromatic carbocycles. The smallest absolute Gasteiger partial charge is 0.248 e. The third-order valence-electron chi connectivity index (χ3n) is 4.09. The van der Waals surface area contributed by atoms with E-state index in [1.54, 1.807) is 10.6 Å². The highest BCUT2D eigenvalue weighted by atomic mass is 32.2. The molecule has 3 aromatic rings. The van der Waals surface area contributed by atoms with Crippen molar-refractivity contribution in [1.29, 1.82) is 0 Å². The number of fused-ring (bicyclic) bond motifs is 1. The van der Waals surface area contributed by atoms with Gasteiger partial charge in [0.25, 0.3) is 0 Å². The van der Waals surface area contributed by atoms with Crippen LogP contribution < -0.4 is 4.80 Å². The van der Waals surface area contributed by atoms with Crippen molar-refractivity contribution in [2.45, 2.75) is 24.3 Å². The highest BCUT2D eigenvalue weighted by Gasteiger charge is 2.15. The van der Waals surface area contributed by atoms with Gasteiger partial charge >= 0.3 is 0 Å². The number of nitrogens with zero attached hydrogens (tertiary/aromatic N) is 2. The number of amides is 1. The quantitative estimate of drug-likeness (QED) is 0.442. The third kappa shape index (κ3) is 4.96. The molecule has 3 rings (SSSR count). The van der Waals surface area contributed by atoms with Gasteiger partial charge in [-0.3, -0.25) is 4.79 Å². The molecule has 1 aromatic heterocycles. The maximum Gasteiger partial charge on any atom is 0.248 e. The molecule has 150 valence electrons. The average molecular weight is 434 g/mol. The van der Waals surface area contributed by atoms with E-state index in [9.17, 15) is 22.0 Å². The summed E-state index contributed by atoms with van der Waals surface area (Å²) in [4.78, 5) is 16.6. The lowest BCUT2D eigenvalue weighted by molar-refractivity contribution is -0.118. The lowest BCUT2D eigenvalue weighted by atomic mass is 10.3. The topological polar surface area (TPSA) is 68.5 Å². The summed E-state index contributed by atoms with van der Waals surface area (Å²) in [6, 6.07) is 8.73. The summed E-state index contributed by atoms with van der Waals surface area (Å²) in [7, 11) is -3.62. The summed E-state index contributed by atoms with van der Waals surface area (Å²) < 4.78 is 53.1. The second-order valence-electron chi connectivity index (χ2n) is 6.17. The van der Waals surface area contributed by atoms with Gasteiger partial charge in [-0.05, 0) is 48.9 Å². The number of thiazole rings is 1. The monoisotopic (exact) mass is 434 g/mol. The van der Waals surface area contributed by atoms with Gasteiger partial charge < -0.3 is 4.57 Å². The van der Waals surface area contributed by atoms with E-state index in [4.69, 9.17) is 6.42 Å². The molecule has 0 spiro atoms. The molecule has 5 nitrogen and oxygen atoms in total. The van der Waals surface area contributed by atoms with E-state index in [0.29, 0.717) is 15.0 Å². The molecule has 0 atom stereocenters. The van der Waals surface area contributed by atoms with Gasteiger partial charge in [0.2, 0.25) is 5.91 Å². The second kappa shape index (κ2) is 8.68. The highest BCUT2D eigenvalue weighted by Crippen LogP contribution is 2.19. The summed E-state index contributed by atoms with van der Waals surface area (Å²) in [6.45, 7) is 0.163. The molecule has 29 heavy (non-hydrogen) atoms. The predicted molar refractivity (Wildman–Crippen MR) is 107 cm³/mol. The molecule has 0 aliphatic heterocycles. The van der Waals surface area contributed by atoms with Crippen LogP contribution in [0.3, 0.4) is 0 Å². The van der Waals surface area contributed by atoms with Crippen LogP contribution in [-0.2, 0) is 21.2 Å². The summed E-state index contributed by atoms with van der Waals surface area (Å²) >= 11 is 1.13. The summed E-state index contributed by atoms with van der Waals surface area (Å²) in [6.07, 6.45) is 5.36. The van der Waals surface area contributed by atoms with E-state index in [1.807, 2.05) is 0 Å². The molecular formula is C20H16F2N2O3S2. The first-order valence-electron chi connectivity index (χ1n) is 8.58. The van der Waals surface area contributed by atoms with E-state index in [1.165, 1.54) is 24.3 Å². The lowest BCUT2D eigenvalue weighted by Gasteiger charge is -2.03.